The fourth-order valence-corrected chi connectivity index (χ4v) is 3.25. The summed E-state index contributed by atoms with van der Waals surface area (Å²) in [6.45, 7) is 7.11. The number of benzene rings is 1. The number of ether oxygens (including phenoxy) is 2. The van der Waals surface area contributed by atoms with Gasteiger partial charge in [-0.05, 0) is 45.1 Å². The molecule has 1 fully saturated rings. The summed E-state index contributed by atoms with van der Waals surface area (Å²) in [5.74, 6) is -0.132. The van der Waals surface area contributed by atoms with E-state index in [4.69, 9.17) is 9.47 Å². The maximum Gasteiger partial charge on any atom is 0.319 e. The van der Waals surface area contributed by atoms with E-state index in [1.54, 1.807) is 0 Å². The predicted molar refractivity (Wildman–Crippen MR) is 83.4 cm³/mol. The Labute approximate surface area is 127 Å². The first-order valence-corrected chi connectivity index (χ1v) is 8.01. The molecule has 0 radical (unpaired) electrons. The van der Waals surface area contributed by atoms with Gasteiger partial charge in [0.15, 0.2) is 0 Å². The van der Waals surface area contributed by atoms with Crippen LogP contribution >= 0.6 is 0 Å². The Bertz CT molecular complexity index is 466. The minimum atomic E-state index is -0.626. The lowest BCUT2D eigenvalue weighted by atomic mass is 9.76. The van der Waals surface area contributed by atoms with Crippen LogP contribution in [0.4, 0.5) is 0 Å². The van der Waals surface area contributed by atoms with Crippen molar-refractivity contribution in [2.45, 2.75) is 58.0 Å². The second-order valence-electron chi connectivity index (χ2n) is 5.81. The molecule has 2 rings (SSSR count). The summed E-state index contributed by atoms with van der Waals surface area (Å²) in [6.07, 6.45) is 3.62. The maximum absolute atomic E-state index is 12.7. The van der Waals surface area contributed by atoms with Crippen LogP contribution in [0, 0.1) is 6.92 Å². The lowest BCUT2D eigenvalue weighted by molar-refractivity contribution is -0.155. The minimum Gasteiger partial charge on any atom is -0.465 e. The van der Waals surface area contributed by atoms with Crippen molar-refractivity contribution in [2.24, 2.45) is 0 Å². The van der Waals surface area contributed by atoms with E-state index in [0.717, 1.165) is 31.2 Å². The lowest BCUT2D eigenvalue weighted by Crippen LogP contribution is -2.45. The van der Waals surface area contributed by atoms with Crippen LogP contribution in [0.5, 0.6) is 0 Å². The maximum atomic E-state index is 12.7. The number of hydrogen-bond donors (Lipinski definition) is 0. The van der Waals surface area contributed by atoms with E-state index in [0.29, 0.717) is 13.2 Å². The van der Waals surface area contributed by atoms with Gasteiger partial charge in [0.05, 0.1) is 12.7 Å². The summed E-state index contributed by atoms with van der Waals surface area (Å²) in [6, 6.07) is 8.23. The second kappa shape index (κ2) is 7.08. The third-order valence-corrected chi connectivity index (χ3v) is 4.32. The van der Waals surface area contributed by atoms with Gasteiger partial charge >= 0.3 is 5.97 Å². The van der Waals surface area contributed by atoms with Crippen LogP contribution in [0.25, 0.3) is 0 Å². The van der Waals surface area contributed by atoms with E-state index >= 15 is 0 Å². The zero-order valence-corrected chi connectivity index (χ0v) is 13.4. The van der Waals surface area contributed by atoms with Crippen molar-refractivity contribution in [1.82, 2.24) is 0 Å². The van der Waals surface area contributed by atoms with E-state index in [9.17, 15) is 4.79 Å². The van der Waals surface area contributed by atoms with Crippen LogP contribution in [-0.2, 0) is 19.7 Å². The van der Waals surface area contributed by atoms with Crippen molar-refractivity contribution in [3.63, 3.8) is 0 Å². The molecule has 1 aromatic carbocycles. The van der Waals surface area contributed by atoms with Crippen LogP contribution < -0.4 is 0 Å². The Morgan fingerprint density at radius 2 is 2.00 bits per heavy atom. The predicted octanol–water partition coefficient (Wildman–Crippen LogP) is 3.78. The van der Waals surface area contributed by atoms with Gasteiger partial charge in [-0.3, -0.25) is 4.79 Å². The minimum absolute atomic E-state index is 0.0702. The Kier molecular flexibility index (Phi) is 5.40. The second-order valence-corrected chi connectivity index (χ2v) is 5.81. The fraction of sp³-hybridized carbons (Fsp3) is 0.611. The standard InChI is InChI=1S/C18H26O3/c1-4-13-21-16-7-6-12-18(16,17(19)20-5-2)15-10-8-14(3)9-11-15/h8-11,16H,4-7,12-13H2,1-3H3. The molecule has 0 aliphatic heterocycles. The molecule has 0 spiro atoms. The Hall–Kier alpha value is -1.35. The highest BCUT2D eigenvalue weighted by atomic mass is 16.5. The quantitative estimate of drug-likeness (QED) is 0.748. The van der Waals surface area contributed by atoms with E-state index in [1.807, 2.05) is 6.92 Å². The number of carbonyl (C=O) groups is 1. The summed E-state index contributed by atoms with van der Waals surface area (Å²) in [4.78, 5) is 12.7. The van der Waals surface area contributed by atoms with Gasteiger partial charge in [0.25, 0.3) is 0 Å². The molecule has 1 saturated carbocycles. The van der Waals surface area contributed by atoms with Crippen LogP contribution in [-0.4, -0.2) is 25.3 Å². The van der Waals surface area contributed by atoms with Gasteiger partial charge in [-0.2, -0.15) is 0 Å². The molecule has 1 aliphatic carbocycles. The molecule has 2 atom stereocenters. The van der Waals surface area contributed by atoms with Crippen molar-refractivity contribution >= 4 is 5.97 Å². The van der Waals surface area contributed by atoms with Crippen molar-refractivity contribution in [3.8, 4) is 0 Å². The molecular formula is C18H26O3. The first kappa shape index (κ1) is 16.0. The van der Waals surface area contributed by atoms with E-state index in [2.05, 4.69) is 38.1 Å². The van der Waals surface area contributed by atoms with Crippen LogP contribution in [0.2, 0.25) is 0 Å². The molecule has 1 aliphatic rings. The summed E-state index contributed by atoms with van der Waals surface area (Å²) >= 11 is 0. The number of rotatable bonds is 6. The highest BCUT2D eigenvalue weighted by molar-refractivity contribution is 5.84. The molecule has 3 nitrogen and oxygen atoms in total. The largest absolute Gasteiger partial charge is 0.465 e. The van der Waals surface area contributed by atoms with Gasteiger partial charge < -0.3 is 9.47 Å². The molecule has 0 heterocycles. The Morgan fingerprint density at radius 1 is 1.29 bits per heavy atom. The number of aryl methyl sites for hydroxylation is 1. The van der Waals surface area contributed by atoms with Crippen molar-refractivity contribution in [2.75, 3.05) is 13.2 Å². The molecule has 2 unspecified atom stereocenters. The summed E-state index contributed by atoms with van der Waals surface area (Å²) in [5.41, 5.74) is 1.60. The highest BCUT2D eigenvalue weighted by Gasteiger charge is 2.52. The molecular weight excluding hydrogens is 264 g/mol. The molecule has 116 valence electrons. The van der Waals surface area contributed by atoms with E-state index < -0.39 is 5.41 Å². The number of esters is 1. The summed E-state index contributed by atoms with van der Waals surface area (Å²) < 4.78 is 11.4. The number of hydrogen-bond acceptors (Lipinski definition) is 3. The number of carbonyl (C=O) groups excluding carboxylic acids is 1. The summed E-state index contributed by atoms with van der Waals surface area (Å²) in [5, 5.41) is 0. The van der Waals surface area contributed by atoms with Crippen LogP contribution in [0.1, 0.15) is 50.7 Å². The average Bonchev–Trinajstić information content (AvgIpc) is 2.91. The topological polar surface area (TPSA) is 35.5 Å². The molecule has 0 aromatic heterocycles. The lowest BCUT2D eigenvalue weighted by Gasteiger charge is -2.33. The molecule has 0 saturated heterocycles. The fourth-order valence-electron chi connectivity index (χ4n) is 3.25. The molecule has 0 bridgehead atoms. The summed E-state index contributed by atoms with van der Waals surface area (Å²) in [7, 11) is 0. The van der Waals surface area contributed by atoms with Crippen LogP contribution in [0.15, 0.2) is 24.3 Å². The molecule has 3 heteroatoms. The zero-order chi connectivity index (χ0) is 15.3. The van der Waals surface area contributed by atoms with Gasteiger partial charge in [-0.15, -0.1) is 0 Å². The van der Waals surface area contributed by atoms with E-state index in [1.165, 1.54) is 5.56 Å². The molecule has 0 N–H and O–H groups in total. The zero-order valence-electron chi connectivity index (χ0n) is 13.4. The van der Waals surface area contributed by atoms with Gasteiger partial charge in [0.1, 0.15) is 5.41 Å². The normalized spacial score (nSPS) is 25.0. The van der Waals surface area contributed by atoms with Crippen molar-refractivity contribution in [1.29, 1.82) is 0 Å². The molecule has 0 amide bonds. The van der Waals surface area contributed by atoms with E-state index in [-0.39, 0.29) is 12.1 Å². The monoisotopic (exact) mass is 290 g/mol. The Morgan fingerprint density at radius 3 is 2.62 bits per heavy atom. The third-order valence-electron chi connectivity index (χ3n) is 4.32. The van der Waals surface area contributed by atoms with Gasteiger partial charge in [-0.1, -0.05) is 36.8 Å². The Balaban J connectivity index is 2.38. The van der Waals surface area contributed by atoms with Crippen molar-refractivity contribution < 1.29 is 14.3 Å². The molecule has 21 heavy (non-hydrogen) atoms. The van der Waals surface area contributed by atoms with Gasteiger partial charge in [-0.25, -0.2) is 0 Å². The highest BCUT2D eigenvalue weighted by Crippen LogP contribution is 2.44. The van der Waals surface area contributed by atoms with Crippen LogP contribution in [0.3, 0.4) is 0 Å². The van der Waals surface area contributed by atoms with Gasteiger partial charge in [0.2, 0.25) is 0 Å². The average molecular weight is 290 g/mol. The smallest absolute Gasteiger partial charge is 0.319 e. The van der Waals surface area contributed by atoms with Gasteiger partial charge in [0, 0.05) is 6.61 Å². The third kappa shape index (κ3) is 3.13. The molecule has 1 aromatic rings. The SMILES string of the molecule is CCCOC1CCCC1(C(=O)OCC)c1ccc(C)cc1. The van der Waals surface area contributed by atoms with Crippen molar-refractivity contribution in [3.05, 3.63) is 35.4 Å². The first-order chi connectivity index (χ1) is 10.1. The first-order valence-electron chi connectivity index (χ1n) is 8.01.